The van der Waals surface area contributed by atoms with Crippen molar-refractivity contribution in [3.05, 3.63) is 34.3 Å². The van der Waals surface area contributed by atoms with Crippen molar-refractivity contribution in [3.63, 3.8) is 0 Å². The Morgan fingerprint density at radius 3 is 2.35 bits per heavy atom. The van der Waals surface area contributed by atoms with Crippen LogP contribution in [0.25, 0.3) is 0 Å². The molecule has 0 N–H and O–H groups in total. The van der Waals surface area contributed by atoms with Gasteiger partial charge in [-0.2, -0.15) is 0 Å². The van der Waals surface area contributed by atoms with Crippen LogP contribution in [0.4, 0.5) is 0 Å². The van der Waals surface area contributed by atoms with Crippen LogP contribution in [-0.2, 0) is 6.42 Å². The lowest BCUT2D eigenvalue weighted by Gasteiger charge is -2.21. The van der Waals surface area contributed by atoms with Gasteiger partial charge in [-0.25, -0.2) is 0 Å². The van der Waals surface area contributed by atoms with Gasteiger partial charge in [0.1, 0.15) is 0 Å². The molecule has 0 saturated heterocycles. The van der Waals surface area contributed by atoms with Crippen LogP contribution in [0.2, 0.25) is 0 Å². The summed E-state index contributed by atoms with van der Waals surface area (Å²) in [6.45, 7) is 4.48. The molecule has 1 aromatic rings. The Balaban J connectivity index is 2.59. The Hall–Kier alpha value is -0.0100. The maximum absolute atomic E-state index is 6.58. The minimum Gasteiger partial charge on any atom is -0.122 e. The van der Waals surface area contributed by atoms with E-state index < -0.39 is 0 Å². The minimum atomic E-state index is 0.268. The lowest BCUT2D eigenvalue weighted by molar-refractivity contribution is 0.418. The highest BCUT2D eigenvalue weighted by Crippen LogP contribution is 2.26. The van der Waals surface area contributed by atoms with Crippen molar-refractivity contribution in [1.29, 1.82) is 0 Å². The van der Waals surface area contributed by atoms with Crippen LogP contribution in [0.15, 0.2) is 28.7 Å². The van der Waals surface area contributed by atoms with E-state index in [9.17, 15) is 0 Å². The second-order valence-corrected chi connectivity index (χ2v) is 6.16. The minimum absolute atomic E-state index is 0.268. The molecule has 0 fully saturated rings. The van der Waals surface area contributed by atoms with Gasteiger partial charge in [0.05, 0.1) is 0 Å². The second-order valence-electron chi connectivity index (χ2n) is 4.69. The summed E-state index contributed by atoms with van der Waals surface area (Å²) in [5.41, 5.74) is 1.33. The fourth-order valence-electron chi connectivity index (χ4n) is 2.30. The monoisotopic (exact) mass is 316 g/mol. The topological polar surface area (TPSA) is 0 Å². The van der Waals surface area contributed by atoms with E-state index in [-0.39, 0.29) is 5.38 Å². The van der Waals surface area contributed by atoms with Gasteiger partial charge in [0, 0.05) is 9.85 Å². The first-order valence-electron chi connectivity index (χ1n) is 6.55. The van der Waals surface area contributed by atoms with E-state index in [1.54, 1.807) is 0 Å². The van der Waals surface area contributed by atoms with Gasteiger partial charge in [-0.15, -0.1) is 11.6 Å². The fraction of sp³-hybridized carbons (Fsp3) is 0.600. The molecule has 0 aliphatic carbocycles. The fourth-order valence-corrected chi connectivity index (χ4v) is 3.18. The maximum Gasteiger partial charge on any atom is 0.0404 e. The summed E-state index contributed by atoms with van der Waals surface area (Å²) in [7, 11) is 0. The molecule has 0 nitrogen and oxygen atoms in total. The average molecular weight is 318 g/mol. The normalized spacial score (nSPS) is 13.0. The van der Waals surface area contributed by atoms with E-state index in [1.807, 2.05) is 0 Å². The zero-order valence-electron chi connectivity index (χ0n) is 10.8. The molecule has 0 spiro atoms. The summed E-state index contributed by atoms with van der Waals surface area (Å²) in [6, 6.07) is 8.47. The van der Waals surface area contributed by atoms with Gasteiger partial charge >= 0.3 is 0 Å². The molecular formula is C15H22BrCl. The smallest absolute Gasteiger partial charge is 0.0404 e. The Morgan fingerprint density at radius 2 is 1.82 bits per heavy atom. The van der Waals surface area contributed by atoms with Crippen LogP contribution in [0.3, 0.4) is 0 Å². The predicted molar refractivity (Wildman–Crippen MR) is 80.8 cm³/mol. The van der Waals surface area contributed by atoms with E-state index in [2.05, 4.69) is 54.0 Å². The highest BCUT2D eigenvalue weighted by molar-refractivity contribution is 9.10. The van der Waals surface area contributed by atoms with Crippen molar-refractivity contribution in [2.45, 2.75) is 51.3 Å². The molecule has 0 aliphatic heterocycles. The summed E-state index contributed by atoms with van der Waals surface area (Å²) in [6.07, 6.45) is 5.93. The Morgan fingerprint density at radius 1 is 1.18 bits per heavy atom. The number of halogens is 2. The molecule has 17 heavy (non-hydrogen) atoms. The summed E-state index contributed by atoms with van der Waals surface area (Å²) in [5, 5.41) is 0.268. The molecule has 1 aromatic carbocycles. The zero-order valence-corrected chi connectivity index (χ0v) is 13.1. The van der Waals surface area contributed by atoms with E-state index in [0.717, 1.165) is 10.9 Å². The van der Waals surface area contributed by atoms with Gasteiger partial charge in [0.15, 0.2) is 0 Å². The van der Waals surface area contributed by atoms with Gasteiger partial charge in [0.25, 0.3) is 0 Å². The summed E-state index contributed by atoms with van der Waals surface area (Å²) >= 11 is 10.1. The average Bonchev–Trinajstić information content (AvgIpc) is 2.28. The molecule has 1 unspecified atom stereocenters. The highest BCUT2D eigenvalue weighted by atomic mass is 79.9. The summed E-state index contributed by atoms with van der Waals surface area (Å²) < 4.78 is 1.14. The largest absolute Gasteiger partial charge is 0.122 e. The first-order valence-corrected chi connectivity index (χ1v) is 7.78. The van der Waals surface area contributed by atoms with Gasteiger partial charge in [-0.05, 0) is 42.9 Å². The third kappa shape index (κ3) is 5.44. The molecule has 0 aromatic heterocycles. The van der Waals surface area contributed by atoms with Gasteiger partial charge < -0.3 is 0 Å². The van der Waals surface area contributed by atoms with Crippen molar-refractivity contribution >= 4 is 27.5 Å². The molecule has 0 aliphatic rings. The quantitative estimate of drug-likeness (QED) is 0.556. The van der Waals surface area contributed by atoms with Crippen molar-refractivity contribution in [1.82, 2.24) is 0 Å². The Bertz CT molecular complexity index is 318. The lowest BCUT2D eigenvalue weighted by Crippen LogP contribution is -2.17. The van der Waals surface area contributed by atoms with Gasteiger partial charge in [0.2, 0.25) is 0 Å². The molecule has 0 radical (unpaired) electrons. The molecule has 1 atom stereocenters. The van der Waals surface area contributed by atoms with Crippen LogP contribution >= 0.6 is 27.5 Å². The van der Waals surface area contributed by atoms with Gasteiger partial charge in [-0.1, -0.05) is 54.8 Å². The number of benzene rings is 1. The second kappa shape index (κ2) is 8.16. The Kier molecular flexibility index (Phi) is 7.22. The number of hydrogen-bond acceptors (Lipinski definition) is 0. The molecule has 2 heteroatoms. The highest BCUT2D eigenvalue weighted by Gasteiger charge is 2.18. The SMILES string of the molecule is CCCC(CCC)C(Cl)Cc1cccc(Br)c1. The van der Waals surface area contributed by atoms with Crippen molar-refractivity contribution in [3.8, 4) is 0 Å². The predicted octanol–water partition coefficient (Wildman–Crippen LogP) is 5.82. The third-order valence-corrected chi connectivity index (χ3v) is 4.15. The van der Waals surface area contributed by atoms with E-state index in [1.165, 1.54) is 31.2 Å². The van der Waals surface area contributed by atoms with Crippen LogP contribution in [0, 0.1) is 5.92 Å². The maximum atomic E-state index is 6.58. The molecular weight excluding hydrogens is 296 g/mol. The Labute approximate surface area is 119 Å². The van der Waals surface area contributed by atoms with Crippen LogP contribution in [-0.4, -0.2) is 5.38 Å². The van der Waals surface area contributed by atoms with E-state index in [4.69, 9.17) is 11.6 Å². The zero-order chi connectivity index (χ0) is 12.7. The van der Waals surface area contributed by atoms with Crippen molar-refractivity contribution in [2.75, 3.05) is 0 Å². The van der Waals surface area contributed by atoms with Crippen LogP contribution < -0.4 is 0 Å². The number of alkyl halides is 1. The summed E-state index contributed by atoms with van der Waals surface area (Å²) in [5.74, 6) is 0.658. The molecule has 1 rings (SSSR count). The molecule has 0 bridgehead atoms. The van der Waals surface area contributed by atoms with Crippen molar-refractivity contribution in [2.24, 2.45) is 5.92 Å². The van der Waals surface area contributed by atoms with Crippen LogP contribution in [0.5, 0.6) is 0 Å². The van der Waals surface area contributed by atoms with E-state index in [0.29, 0.717) is 5.92 Å². The van der Waals surface area contributed by atoms with Crippen LogP contribution in [0.1, 0.15) is 45.1 Å². The lowest BCUT2D eigenvalue weighted by atomic mass is 9.91. The molecule has 0 amide bonds. The number of rotatable bonds is 7. The first-order chi connectivity index (χ1) is 8.17. The molecule has 0 saturated carbocycles. The molecule has 0 heterocycles. The van der Waals surface area contributed by atoms with E-state index >= 15 is 0 Å². The number of hydrogen-bond donors (Lipinski definition) is 0. The standard InChI is InChI=1S/C15H22BrCl/c1-3-6-13(7-4-2)15(17)11-12-8-5-9-14(16)10-12/h5,8-10,13,15H,3-4,6-7,11H2,1-2H3. The molecule has 96 valence electrons. The third-order valence-electron chi connectivity index (χ3n) is 3.15. The van der Waals surface area contributed by atoms with Crippen molar-refractivity contribution < 1.29 is 0 Å². The summed E-state index contributed by atoms with van der Waals surface area (Å²) in [4.78, 5) is 0. The first kappa shape index (κ1) is 15.0. The van der Waals surface area contributed by atoms with Gasteiger partial charge in [-0.3, -0.25) is 0 Å².